The number of ether oxygens (including phenoxy) is 2. The van der Waals surface area contributed by atoms with Crippen LogP contribution in [0.4, 0.5) is 0 Å². The van der Waals surface area contributed by atoms with Gasteiger partial charge in [-0.3, -0.25) is 9.69 Å². The summed E-state index contributed by atoms with van der Waals surface area (Å²) < 4.78 is 10.6. The first-order valence-corrected chi connectivity index (χ1v) is 8.55. The van der Waals surface area contributed by atoms with E-state index in [2.05, 4.69) is 4.90 Å². The molecule has 132 valence electrons. The standard InChI is InChI=1S/C18H26N2O4/c1-23-17-4-2-3-14(9-17)18(22)20-11-15(16(12-20)13-21)10-19-5-7-24-8-6-19/h2-4,9,15-16,21H,5-8,10-13H2,1H3/t15-,16-/m1/s1. The molecule has 2 atom stereocenters. The average molecular weight is 334 g/mol. The van der Waals surface area contributed by atoms with Crippen LogP contribution in [0.15, 0.2) is 24.3 Å². The average Bonchev–Trinajstić information content (AvgIpc) is 3.04. The fraction of sp³-hybridized carbons (Fsp3) is 0.611. The maximum atomic E-state index is 12.8. The molecular weight excluding hydrogens is 308 g/mol. The van der Waals surface area contributed by atoms with E-state index in [1.807, 2.05) is 23.1 Å². The summed E-state index contributed by atoms with van der Waals surface area (Å²) in [7, 11) is 1.60. The second-order valence-electron chi connectivity index (χ2n) is 6.56. The van der Waals surface area contributed by atoms with E-state index in [9.17, 15) is 9.90 Å². The van der Waals surface area contributed by atoms with Gasteiger partial charge in [0.2, 0.25) is 0 Å². The molecule has 1 aromatic carbocycles. The number of aliphatic hydroxyl groups excluding tert-OH is 1. The first kappa shape index (κ1) is 17.2. The van der Waals surface area contributed by atoms with Gasteiger partial charge in [0.15, 0.2) is 0 Å². The Morgan fingerprint density at radius 3 is 2.75 bits per heavy atom. The molecule has 1 aromatic rings. The zero-order valence-electron chi connectivity index (χ0n) is 14.2. The molecule has 2 aliphatic rings. The van der Waals surface area contributed by atoms with Gasteiger partial charge in [0.25, 0.3) is 5.91 Å². The van der Waals surface area contributed by atoms with Crippen LogP contribution >= 0.6 is 0 Å². The van der Waals surface area contributed by atoms with Crippen molar-refractivity contribution in [1.82, 2.24) is 9.80 Å². The third-order valence-electron chi connectivity index (χ3n) is 5.01. The highest BCUT2D eigenvalue weighted by Crippen LogP contribution is 2.26. The molecule has 6 nitrogen and oxygen atoms in total. The van der Waals surface area contributed by atoms with Gasteiger partial charge in [0, 0.05) is 50.8 Å². The third-order valence-corrected chi connectivity index (χ3v) is 5.01. The van der Waals surface area contributed by atoms with Gasteiger partial charge in [-0.15, -0.1) is 0 Å². The van der Waals surface area contributed by atoms with Crippen molar-refractivity contribution in [3.8, 4) is 5.75 Å². The Bertz CT molecular complexity index is 560. The predicted octanol–water partition coefficient (Wildman–Crippen LogP) is 0.708. The van der Waals surface area contributed by atoms with Crippen molar-refractivity contribution in [1.29, 1.82) is 0 Å². The quantitative estimate of drug-likeness (QED) is 0.859. The summed E-state index contributed by atoms with van der Waals surface area (Å²) in [6, 6.07) is 7.25. The Morgan fingerprint density at radius 2 is 2.04 bits per heavy atom. The lowest BCUT2D eigenvalue weighted by Crippen LogP contribution is -2.41. The van der Waals surface area contributed by atoms with Crippen molar-refractivity contribution in [2.24, 2.45) is 11.8 Å². The van der Waals surface area contributed by atoms with Crippen LogP contribution in [-0.2, 0) is 4.74 Å². The highest BCUT2D eigenvalue weighted by molar-refractivity contribution is 5.94. The van der Waals surface area contributed by atoms with Gasteiger partial charge in [0.1, 0.15) is 5.75 Å². The van der Waals surface area contributed by atoms with Crippen LogP contribution in [0.25, 0.3) is 0 Å². The van der Waals surface area contributed by atoms with E-state index in [4.69, 9.17) is 9.47 Å². The normalized spacial score (nSPS) is 25.0. The van der Waals surface area contributed by atoms with Crippen molar-refractivity contribution in [3.05, 3.63) is 29.8 Å². The minimum Gasteiger partial charge on any atom is -0.497 e. The fourth-order valence-corrected chi connectivity index (χ4v) is 3.57. The van der Waals surface area contributed by atoms with Crippen molar-refractivity contribution in [3.63, 3.8) is 0 Å². The van der Waals surface area contributed by atoms with Crippen LogP contribution in [0.5, 0.6) is 5.75 Å². The number of morpholine rings is 1. The van der Waals surface area contributed by atoms with Gasteiger partial charge < -0.3 is 19.5 Å². The van der Waals surface area contributed by atoms with Gasteiger partial charge in [-0.2, -0.15) is 0 Å². The van der Waals surface area contributed by atoms with E-state index in [-0.39, 0.29) is 18.4 Å². The summed E-state index contributed by atoms with van der Waals surface area (Å²) in [6.45, 7) is 5.73. The first-order chi connectivity index (χ1) is 11.7. The minimum atomic E-state index is 0.0110. The molecule has 2 aliphatic heterocycles. The van der Waals surface area contributed by atoms with Gasteiger partial charge in [-0.25, -0.2) is 0 Å². The number of aliphatic hydroxyl groups is 1. The summed E-state index contributed by atoms with van der Waals surface area (Å²) in [5.74, 6) is 1.14. The van der Waals surface area contributed by atoms with E-state index in [0.29, 0.717) is 30.3 Å². The number of nitrogens with zero attached hydrogens (tertiary/aromatic N) is 2. The Balaban J connectivity index is 1.65. The highest BCUT2D eigenvalue weighted by Gasteiger charge is 2.36. The third kappa shape index (κ3) is 3.88. The Kier molecular flexibility index (Phi) is 5.71. The molecule has 1 amide bonds. The molecule has 2 saturated heterocycles. The number of methoxy groups -OCH3 is 1. The van der Waals surface area contributed by atoms with Crippen molar-refractivity contribution in [2.45, 2.75) is 0 Å². The molecule has 2 heterocycles. The van der Waals surface area contributed by atoms with Crippen LogP contribution in [-0.4, -0.2) is 80.5 Å². The van der Waals surface area contributed by atoms with Crippen molar-refractivity contribution < 1.29 is 19.4 Å². The summed E-state index contributed by atoms with van der Waals surface area (Å²) >= 11 is 0. The molecular formula is C18H26N2O4. The zero-order valence-corrected chi connectivity index (χ0v) is 14.2. The van der Waals surface area contributed by atoms with E-state index >= 15 is 0 Å². The summed E-state index contributed by atoms with van der Waals surface area (Å²) in [5.41, 5.74) is 0.637. The first-order valence-electron chi connectivity index (χ1n) is 8.55. The topological polar surface area (TPSA) is 62.2 Å². The Morgan fingerprint density at radius 1 is 1.29 bits per heavy atom. The second-order valence-corrected chi connectivity index (χ2v) is 6.56. The second kappa shape index (κ2) is 7.96. The zero-order chi connectivity index (χ0) is 16.9. The lowest BCUT2D eigenvalue weighted by Gasteiger charge is -2.30. The number of hydrogen-bond donors (Lipinski definition) is 1. The van der Waals surface area contributed by atoms with Crippen LogP contribution in [0, 0.1) is 11.8 Å². The molecule has 0 spiro atoms. The molecule has 0 unspecified atom stereocenters. The molecule has 0 saturated carbocycles. The maximum Gasteiger partial charge on any atom is 0.254 e. The number of carbonyl (C=O) groups is 1. The Hall–Kier alpha value is -1.63. The summed E-state index contributed by atoms with van der Waals surface area (Å²) in [6.07, 6.45) is 0. The predicted molar refractivity (Wildman–Crippen MR) is 90.2 cm³/mol. The lowest BCUT2D eigenvalue weighted by atomic mass is 9.96. The maximum absolute atomic E-state index is 12.8. The number of rotatable bonds is 5. The number of likely N-dealkylation sites (tertiary alicyclic amines) is 1. The summed E-state index contributed by atoms with van der Waals surface area (Å²) in [5, 5.41) is 9.72. The van der Waals surface area contributed by atoms with Crippen LogP contribution in [0.1, 0.15) is 10.4 Å². The van der Waals surface area contributed by atoms with Crippen molar-refractivity contribution >= 4 is 5.91 Å². The molecule has 0 aliphatic carbocycles. The van der Waals surface area contributed by atoms with E-state index < -0.39 is 0 Å². The molecule has 3 rings (SSSR count). The summed E-state index contributed by atoms with van der Waals surface area (Å²) in [4.78, 5) is 17.0. The molecule has 2 fully saturated rings. The molecule has 1 N–H and O–H groups in total. The Labute approximate surface area is 143 Å². The lowest BCUT2D eigenvalue weighted by molar-refractivity contribution is 0.0264. The van der Waals surface area contributed by atoms with E-state index in [1.54, 1.807) is 13.2 Å². The fourth-order valence-electron chi connectivity index (χ4n) is 3.57. The number of benzene rings is 1. The van der Waals surface area contributed by atoms with Crippen LogP contribution < -0.4 is 4.74 Å². The van der Waals surface area contributed by atoms with Crippen LogP contribution in [0.3, 0.4) is 0 Å². The van der Waals surface area contributed by atoms with Crippen molar-refractivity contribution in [2.75, 3.05) is 59.7 Å². The number of hydrogen-bond acceptors (Lipinski definition) is 5. The highest BCUT2D eigenvalue weighted by atomic mass is 16.5. The minimum absolute atomic E-state index is 0.0110. The van der Waals surface area contributed by atoms with Gasteiger partial charge in [0.05, 0.1) is 20.3 Å². The monoisotopic (exact) mass is 334 g/mol. The smallest absolute Gasteiger partial charge is 0.254 e. The molecule has 24 heavy (non-hydrogen) atoms. The molecule has 6 heteroatoms. The SMILES string of the molecule is COc1cccc(C(=O)N2C[C@@H](CN3CCOCC3)[C@@H](CO)C2)c1. The molecule has 0 radical (unpaired) electrons. The van der Waals surface area contributed by atoms with E-state index in [0.717, 1.165) is 32.8 Å². The van der Waals surface area contributed by atoms with E-state index in [1.165, 1.54) is 0 Å². The van der Waals surface area contributed by atoms with Gasteiger partial charge in [-0.05, 0) is 24.1 Å². The number of amides is 1. The van der Waals surface area contributed by atoms with Crippen LogP contribution in [0.2, 0.25) is 0 Å². The van der Waals surface area contributed by atoms with Gasteiger partial charge in [-0.1, -0.05) is 6.07 Å². The molecule has 0 bridgehead atoms. The van der Waals surface area contributed by atoms with Gasteiger partial charge >= 0.3 is 0 Å². The molecule has 0 aromatic heterocycles. The largest absolute Gasteiger partial charge is 0.497 e. The number of carbonyl (C=O) groups excluding carboxylic acids is 1.